The monoisotopic (exact) mass is 271 g/mol. The van der Waals surface area contributed by atoms with Crippen molar-refractivity contribution >= 4 is 22.6 Å². The first kappa shape index (κ1) is 13.0. The fourth-order valence-corrected chi connectivity index (χ4v) is 2.52. The van der Waals surface area contributed by atoms with Crippen LogP contribution in [-0.4, -0.2) is 54.0 Å². The summed E-state index contributed by atoms with van der Waals surface area (Å²) >= 11 is 1.50. The number of amides is 1. The van der Waals surface area contributed by atoms with Crippen molar-refractivity contribution in [3.63, 3.8) is 0 Å². The number of ether oxygens (including phenoxy) is 1. The Bertz CT molecular complexity index is 403. The van der Waals surface area contributed by atoms with Gasteiger partial charge < -0.3 is 20.3 Å². The summed E-state index contributed by atoms with van der Waals surface area (Å²) in [4.78, 5) is 15.4. The van der Waals surface area contributed by atoms with Crippen LogP contribution >= 0.6 is 11.3 Å². The average molecular weight is 271 g/mol. The van der Waals surface area contributed by atoms with Gasteiger partial charge >= 0.3 is 6.09 Å². The second-order valence-electron chi connectivity index (χ2n) is 3.86. The van der Waals surface area contributed by atoms with Gasteiger partial charge in [-0.15, -0.1) is 10.2 Å². The Balaban J connectivity index is 1.88. The lowest BCUT2D eigenvalue weighted by molar-refractivity contribution is 0.105. The van der Waals surface area contributed by atoms with Gasteiger partial charge in [0.05, 0.1) is 6.61 Å². The third-order valence-electron chi connectivity index (χ3n) is 2.71. The van der Waals surface area contributed by atoms with Gasteiger partial charge in [0.2, 0.25) is 5.13 Å². The van der Waals surface area contributed by atoms with Crippen molar-refractivity contribution in [1.29, 1.82) is 0 Å². The Hall–Kier alpha value is -1.41. The van der Waals surface area contributed by atoms with Crippen molar-refractivity contribution < 1.29 is 9.53 Å². The standard InChI is InChI=1S/C10H17N5O2S/c1-2-17-10(16)15-5-3-14(4-6-15)9-13-12-8(7-11)18-9/h2-7,11H2,1H3. The predicted molar refractivity (Wildman–Crippen MR) is 68.6 cm³/mol. The SMILES string of the molecule is CCOC(=O)N1CCN(c2nnc(CN)s2)CC1. The molecule has 8 heteroatoms. The topological polar surface area (TPSA) is 84.6 Å². The van der Waals surface area contributed by atoms with Crippen LogP contribution in [0, 0.1) is 0 Å². The molecule has 1 fully saturated rings. The largest absolute Gasteiger partial charge is 0.450 e. The molecule has 0 atom stereocenters. The minimum Gasteiger partial charge on any atom is -0.450 e. The molecule has 2 N–H and O–H groups in total. The molecule has 1 saturated heterocycles. The average Bonchev–Trinajstić information content (AvgIpc) is 2.88. The number of piperazine rings is 1. The van der Waals surface area contributed by atoms with Gasteiger partial charge in [0.15, 0.2) is 0 Å². The van der Waals surface area contributed by atoms with E-state index in [9.17, 15) is 4.79 Å². The quantitative estimate of drug-likeness (QED) is 0.849. The number of anilines is 1. The number of hydrogen-bond acceptors (Lipinski definition) is 7. The van der Waals surface area contributed by atoms with Crippen LogP contribution in [-0.2, 0) is 11.3 Å². The van der Waals surface area contributed by atoms with Gasteiger partial charge in [-0.2, -0.15) is 0 Å². The van der Waals surface area contributed by atoms with E-state index in [1.807, 2.05) is 6.92 Å². The molecule has 0 spiro atoms. The van der Waals surface area contributed by atoms with Crippen molar-refractivity contribution in [1.82, 2.24) is 15.1 Å². The zero-order valence-corrected chi connectivity index (χ0v) is 11.2. The van der Waals surface area contributed by atoms with Gasteiger partial charge in [0, 0.05) is 32.7 Å². The number of hydrogen-bond donors (Lipinski definition) is 1. The molecule has 0 unspecified atom stereocenters. The van der Waals surface area contributed by atoms with Crippen LogP contribution in [0.4, 0.5) is 9.93 Å². The lowest BCUT2D eigenvalue weighted by Gasteiger charge is -2.33. The van der Waals surface area contributed by atoms with Gasteiger partial charge in [-0.3, -0.25) is 0 Å². The van der Waals surface area contributed by atoms with Crippen molar-refractivity contribution in [2.75, 3.05) is 37.7 Å². The number of nitrogens with zero attached hydrogens (tertiary/aromatic N) is 4. The summed E-state index contributed by atoms with van der Waals surface area (Å²) in [5, 5.41) is 9.79. The summed E-state index contributed by atoms with van der Waals surface area (Å²) in [5.74, 6) is 0. The summed E-state index contributed by atoms with van der Waals surface area (Å²) in [6.07, 6.45) is -0.239. The Labute approximate surface area is 110 Å². The summed E-state index contributed by atoms with van der Waals surface area (Å²) in [6.45, 7) is 5.43. The smallest absolute Gasteiger partial charge is 0.409 e. The molecule has 0 aromatic carbocycles. The molecule has 1 amide bonds. The highest BCUT2D eigenvalue weighted by atomic mass is 32.1. The van der Waals surface area contributed by atoms with Gasteiger partial charge in [0.25, 0.3) is 0 Å². The maximum atomic E-state index is 11.5. The third kappa shape index (κ3) is 2.88. The first-order valence-corrected chi connectivity index (χ1v) is 6.75. The van der Waals surface area contributed by atoms with E-state index in [4.69, 9.17) is 10.5 Å². The van der Waals surface area contributed by atoms with E-state index in [-0.39, 0.29) is 6.09 Å². The zero-order chi connectivity index (χ0) is 13.0. The summed E-state index contributed by atoms with van der Waals surface area (Å²) in [5.41, 5.74) is 5.51. The molecule has 1 aromatic rings. The fourth-order valence-electron chi connectivity index (χ4n) is 1.75. The molecule has 0 saturated carbocycles. The van der Waals surface area contributed by atoms with Crippen molar-refractivity contribution in [3.05, 3.63) is 5.01 Å². The minimum atomic E-state index is -0.239. The maximum Gasteiger partial charge on any atom is 0.409 e. The van der Waals surface area contributed by atoms with Crippen LogP contribution < -0.4 is 10.6 Å². The highest BCUT2D eigenvalue weighted by molar-refractivity contribution is 7.15. The Kier molecular flexibility index (Phi) is 4.32. The van der Waals surface area contributed by atoms with Crippen molar-refractivity contribution in [3.8, 4) is 0 Å². The molecular weight excluding hydrogens is 254 g/mol. The van der Waals surface area contributed by atoms with Crippen LogP contribution in [0.3, 0.4) is 0 Å². The van der Waals surface area contributed by atoms with E-state index in [0.717, 1.165) is 23.2 Å². The van der Waals surface area contributed by atoms with E-state index in [2.05, 4.69) is 15.1 Å². The van der Waals surface area contributed by atoms with Crippen LogP contribution in [0.25, 0.3) is 0 Å². The second kappa shape index (κ2) is 5.96. The Morgan fingerprint density at radius 3 is 2.67 bits per heavy atom. The molecule has 7 nitrogen and oxygen atoms in total. The molecule has 1 aliphatic rings. The molecule has 0 radical (unpaired) electrons. The number of rotatable bonds is 3. The molecule has 0 aliphatic carbocycles. The molecule has 2 rings (SSSR count). The van der Waals surface area contributed by atoms with E-state index < -0.39 is 0 Å². The Morgan fingerprint density at radius 1 is 1.39 bits per heavy atom. The first-order chi connectivity index (χ1) is 8.74. The summed E-state index contributed by atoms with van der Waals surface area (Å²) < 4.78 is 4.97. The van der Waals surface area contributed by atoms with E-state index in [0.29, 0.717) is 26.2 Å². The molecular formula is C10H17N5O2S. The van der Waals surface area contributed by atoms with Crippen molar-refractivity contribution in [2.24, 2.45) is 5.73 Å². The molecule has 18 heavy (non-hydrogen) atoms. The number of carbonyl (C=O) groups excluding carboxylic acids is 1. The number of aromatic nitrogens is 2. The van der Waals surface area contributed by atoms with E-state index in [1.54, 1.807) is 4.90 Å². The van der Waals surface area contributed by atoms with E-state index >= 15 is 0 Å². The highest BCUT2D eigenvalue weighted by Crippen LogP contribution is 2.21. The van der Waals surface area contributed by atoms with Gasteiger partial charge in [0.1, 0.15) is 5.01 Å². The molecule has 100 valence electrons. The van der Waals surface area contributed by atoms with Gasteiger partial charge in [-0.05, 0) is 6.92 Å². The van der Waals surface area contributed by atoms with Crippen LogP contribution in [0.2, 0.25) is 0 Å². The van der Waals surface area contributed by atoms with Crippen LogP contribution in [0.5, 0.6) is 0 Å². The molecule has 0 bridgehead atoms. The fraction of sp³-hybridized carbons (Fsp3) is 0.700. The zero-order valence-electron chi connectivity index (χ0n) is 10.3. The predicted octanol–water partition coefficient (Wildman–Crippen LogP) is 0.275. The second-order valence-corrected chi connectivity index (χ2v) is 4.90. The number of nitrogens with two attached hydrogens (primary N) is 1. The van der Waals surface area contributed by atoms with Crippen LogP contribution in [0.1, 0.15) is 11.9 Å². The van der Waals surface area contributed by atoms with Gasteiger partial charge in [-0.1, -0.05) is 11.3 Å². The summed E-state index contributed by atoms with van der Waals surface area (Å²) in [6, 6.07) is 0. The van der Waals surface area contributed by atoms with E-state index in [1.165, 1.54) is 11.3 Å². The first-order valence-electron chi connectivity index (χ1n) is 5.93. The third-order valence-corrected chi connectivity index (χ3v) is 3.71. The maximum absolute atomic E-state index is 11.5. The highest BCUT2D eigenvalue weighted by Gasteiger charge is 2.23. The Morgan fingerprint density at radius 2 is 2.11 bits per heavy atom. The minimum absolute atomic E-state index is 0.239. The van der Waals surface area contributed by atoms with Crippen molar-refractivity contribution in [2.45, 2.75) is 13.5 Å². The summed E-state index contributed by atoms with van der Waals surface area (Å²) in [7, 11) is 0. The lowest BCUT2D eigenvalue weighted by atomic mass is 10.3. The van der Waals surface area contributed by atoms with Crippen LogP contribution in [0.15, 0.2) is 0 Å². The molecule has 2 heterocycles. The molecule has 1 aliphatic heterocycles. The normalized spacial score (nSPS) is 15.9. The molecule has 1 aromatic heterocycles. The number of carbonyl (C=O) groups is 1. The van der Waals surface area contributed by atoms with Gasteiger partial charge in [-0.25, -0.2) is 4.79 Å². The lowest BCUT2D eigenvalue weighted by Crippen LogP contribution is -2.49.